The minimum absolute atomic E-state index is 0.0657. The summed E-state index contributed by atoms with van der Waals surface area (Å²) in [4.78, 5) is 27.9. The van der Waals surface area contributed by atoms with Gasteiger partial charge in [0, 0.05) is 30.1 Å². The van der Waals surface area contributed by atoms with Gasteiger partial charge in [-0.05, 0) is 29.8 Å². The summed E-state index contributed by atoms with van der Waals surface area (Å²) >= 11 is 0. The van der Waals surface area contributed by atoms with Gasteiger partial charge < -0.3 is 9.67 Å². The Balaban J connectivity index is 1.77. The van der Waals surface area contributed by atoms with E-state index >= 15 is 0 Å². The van der Waals surface area contributed by atoms with E-state index in [4.69, 9.17) is 0 Å². The van der Waals surface area contributed by atoms with E-state index in [0.29, 0.717) is 11.1 Å². The highest BCUT2D eigenvalue weighted by molar-refractivity contribution is 5.99. The fourth-order valence-corrected chi connectivity index (χ4v) is 2.57. The Bertz CT molecular complexity index is 825. The number of carbonyl (C=O) groups excluding carboxylic acids is 1. The van der Waals surface area contributed by atoms with Crippen LogP contribution < -0.4 is 0 Å². The molecular weight excluding hydrogens is 304 g/mol. The van der Waals surface area contributed by atoms with Crippen LogP contribution in [0.5, 0.6) is 0 Å². The molecule has 1 atom stereocenters. The standard InChI is InChI=1S/C19H16N2O3/c22-18(12-17(19(23)24)14-4-2-1-3-5-14)15-6-8-16(9-7-15)21-11-10-20-13-21/h1-11,13,17H,12H2,(H,23,24). The second kappa shape index (κ2) is 6.91. The summed E-state index contributed by atoms with van der Waals surface area (Å²) in [5, 5.41) is 9.43. The summed E-state index contributed by atoms with van der Waals surface area (Å²) in [5.41, 5.74) is 2.02. The van der Waals surface area contributed by atoms with Crippen molar-refractivity contribution in [2.75, 3.05) is 0 Å². The van der Waals surface area contributed by atoms with Crippen molar-refractivity contribution < 1.29 is 14.7 Å². The molecule has 2 aromatic carbocycles. The number of imidazole rings is 1. The first kappa shape index (κ1) is 15.7. The molecule has 0 radical (unpaired) electrons. The number of Topliss-reactive ketones (excluding diaryl/α,β-unsaturated/α-hetero) is 1. The van der Waals surface area contributed by atoms with Gasteiger partial charge in [0.15, 0.2) is 5.78 Å². The quantitative estimate of drug-likeness (QED) is 0.707. The van der Waals surface area contributed by atoms with Gasteiger partial charge in [-0.3, -0.25) is 9.59 Å². The normalized spacial score (nSPS) is 11.8. The molecule has 1 aromatic heterocycles. The van der Waals surface area contributed by atoms with Crippen LogP contribution in [-0.4, -0.2) is 26.4 Å². The number of hydrogen-bond acceptors (Lipinski definition) is 3. The van der Waals surface area contributed by atoms with E-state index in [1.807, 2.05) is 29.0 Å². The number of benzene rings is 2. The molecule has 0 saturated heterocycles. The van der Waals surface area contributed by atoms with Crippen LogP contribution in [0.25, 0.3) is 5.69 Å². The van der Waals surface area contributed by atoms with Gasteiger partial charge in [0.2, 0.25) is 0 Å². The van der Waals surface area contributed by atoms with Gasteiger partial charge in [0.25, 0.3) is 0 Å². The van der Waals surface area contributed by atoms with E-state index in [9.17, 15) is 14.7 Å². The van der Waals surface area contributed by atoms with Gasteiger partial charge in [0.05, 0.1) is 12.2 Å². The maximum Gasteiger partial charge on any atom is 0.311 e. The Morgan fingerprint density at radius 1 is 1.04 bits per heavy atom. The molecule has 1 unspecified atom stereocenters. The minimum Gasteiger partial charge on any atom is -0.481 e. The lowest BCUT2D eigenvalue weighted by atomic mass is 9.91. The lowest BCUT2D eigenvalue weighted by Crippen LogP contribution is -2.16. The van der Waals surface area contributed by atoms with Crippen molar-refractivity contribution >= 4 is 11.8 Å². The minimum atomic E-state index is -0.996. The maximum absolute atomic E-state index is 12.4. The predicted molar refractivity (Wildman–Crippen MR) is 89.3 cm³/mol. The van der Waals surface area contributed by atoms with Crippen LogP contribution in [0.15, 0.2) is 73.3 Å². The van der Waals surface area contributed by atoms with Crippen LogP contribution in [0.1, 0.15) is 28.3 Å². The largest absolute Gasteiger partial charge is 0.481 e. The monoisotopic (exact) mass is 320 g/mol. The first-order chi connectivity index (χ1) is 11.6. The molecule has 0 fully saturated rings. The van der Waals surface area contributed by atoms with Gasteiger partial charge in [-0.1, -0.05) is 30.3 Å². The van der Waals surface area contributed by atoms with Crippen LogP contribution in [0.2, 0.25) is 0 Å². The van der Waals surface area contributed by atoms with Crippen molar-refractivity contribution in [1.29, 1.82) is 0 Å². The van der Waals surface area contributed by atoms with Gasteiger partial charge in [0.1, 0.15) is 0 Å². The van der Waals surface area contributed by atoms with Crippen molar-refractivity contribution in [3.63, 3.8) is 0 Å². The zero-order chi connectivity index (χ0) is 16.9. The summed E-state index contributed by atoms with van der Waals surface area (Å²) in [5.74, 6) is -2.03. The highest BCUT2D eigenvalue weighted by atomic mass is 16.4. The number of aromatic nitrogens is 2. The van der Waals surface area contributed by atoms with Crippen molar-refractivity contribution in [1.82, 2.24) is 9.55 Å². The third kappa shape index (κ3) is 3.41. The van der Waals surface area contributed by atoms with E-state index in [1.165, 1.54) is 0 Å². The van der Waals surface area contributed by atoms with Crippen LogP contribution in [0, 0.1) is 0 Å². The number of carbonyl (C=O) groups is 2. The molecule has 120 valence electrons. The third-order valence-corrected chi connectivity index (χ3v) is 3.88. The Labute approximate surface area is 139 Å². The Kier molecular flexibility index (Phi) is 4.52. The topological polar surface area (TPSA) is 72.2 Å². The molecule has 0 amide bonds. The Morgan fingerprint density at radius 2 is 1.75 bits per heavy atom. The predicted octanol–water partition coefficient (Wildman–Crippen LogP) is 3.31. The molecule has 0 spiro atoms. The first-order valence-corrected chi connectivity index (χ1v) is 7.54. The average Bonchev–Trinajstić information content (AvgIpc) is 3.15. The fraction of sp³-hybridized carbons (Fsp3) is 0.105. The number of carboxylic acid groups (broad SMARTS) is 1. The molecule has 0 bridgehead atoms. The number of rotatable bonds is 6. The number of aliphatic carboxylic acids is 1. The lowest BCUT2D eigenvalue weighted by molar-refractivity contribution is -0.138. The van der Waals surface area contributed by atoms with Crippen molar-refractivity contribution in [2.24, 2.45) is 0 Å². The maximum atomic E-state index is 12.4. The number of nitrogens with zero attached hydrogens (tertiary/aromatic N) is 2. The molecule has 1 heterocycles. The average molecular weight is 320 g/mol. The molecule has 1 N–H and O–H groups in total. The molecular formula is C19H16N2O3. The van der Waals surface area contributed by atoms with E-state index in [1.54, 1.807) is 48.9 Å². The van der Waals surface area contributed by atoms with Gasteiger partial charge in [-0.15, -0.1) is 0 Å². The second-order valence-corrected chi connectivity index (χ2v) is 5.45. The summed E-state index contributed by atoms with van der Waals surface area (Å²) < 4.78 is 1.83. The van der Waals surface area contributed by atoms with Crippen LogP contribution in [0.4, 0.5) is 0 Å². The summed E-state index contributed by atoms with van der Waals surface area (Å²) in [6.07, 6.45) is 5.10. The van der Waals surface area contributed by atoms with Crippen LogP contribution in [-0.2, 0) is 4.79 Å². The molecule has 0 saturated carbocycles. The van der Waals surface area contributed by atoms with Crippen LogP contribution in [0.3, 0.4) is 0 Å². The van der Waals surface area contributed by atoms with E-state index in [0.717, 1.165) is 5.69 Å². The Hall–Kier alpha value is -3.21. The molecule has 24 heavy (non-hydrogen) atoms. The summed E-state index contributed by atoms with van der Waals surface area (Å²) in [7, 11) is 0. The molecule has 5 heteroatoms. The summed E-state index contributed by atoms with van der Waals surface area (Å²) in [6.45, 7) is 0. The van der Waals surface area contributed by atoms with Crippen molar-refractivity contribution in [3.8, 4) is 5.69 Å². The molecule has 0 aliphatic heterocycles. The number of hydrogen-bond donors (Lipinski definition) is 1. The SMILES string of the molecule is O=C(CC(C(=O)O)c1ccccc1)c1ccc(-n2ccnc2)cc1. The van der Waals surface area contributed by atoms with Gasteiger partial charge in [-0.2, -0.15) is 0 Å². The highest BCUT2D eigenvalue weighted by Gasteiger charge is 2.23. The van der Waals surface area contributed by atoms with Gasteiger partial charge in [-0.25, -0.2) is 4.98 Å². The molecule has 3 aromatic rings. The number of ketones is 1. The van der Waals surface area contributed by atoms with Crippen molar-refractivity contribution in [2.45, 2.75) is 12.3 Å². The fourth-order valence-electron chi connectivity index (χ4n) is 2.57. The molecule has 0 aliphatic carbocycles. The molecule has 5 nitrogen and oxygen atoms in total. The Morgan fingerprint density at radius 3 is 2.33 bits per heavy atom. The van der Waals surface area contributed by atoms with Crippen LogP contribution >= 0.6 is 0 Å². The second-order valence-electron chi connectivity index (χ2n) is 5.45. The third-order valence-electron chi connectivity index (χ3n) is 3.88. The summed E-state index contributed by atoms with van der Waals surface area (Å²) in [6, 6.07) is 15.9. The highest BCUT2D eigenvalue weighted by Crippen LogP contribution is 2.22. The zero-order valence-corrected chi connectivity index (χ0v) is 12.9. The van der Waals surface area contributed by atoms with E-state index < -0.39 is 11.9 Å². The molecule has 0 aliphatic rings. The van der Waals surface area contributed by atoms with E-state index in [-0.39, 0.29) is 12.2 Å². The van der Waals surface area contributed by atoms with Gasteiger partial charge >= 0.3 is 5.97 Å². The lowest BCUT2D eigenvalue weighted by Gasteiger charge is -2.12. The zero-order valence-electron chi connectivity index (χ0n) is 12.9. The smallest absolute Gasteiger partial charge is 0.311 e. The first-order valence-electron chi connectivity index (χ1n) is 7.54. The van der Waals surface area contributed by atoms with Crippen molar-refractivity contribution in [3.05, 3.63) is 84.4 Å². The number of carboxylic acids is 1. The molecule has 3 rings (SSSR count). The van der Waals surface area contributed by atoms with E-state index in [2.05, 4.69) is 4.98 Å².